The molecule has 1 aliphatic carbocycles. The van der Waals surface area contributed by atoms with Crippen LogP contribution in [-0.2, 0) is 4.74 Å². The van der Waals surface area contributed by atoms with Gasteiger partial charge in [0.25, 0.3) is 0 Å². The molecule has 86 valence electrons. The van der Waals surface area contributed by atoms with Crippen molar-refractivity contribution in [2.45, 2.75) is 64.9 Å². The van der Waals surface area contributed by atoms with E-state index >= 15 is 0 Å². The Morgan fingerprint density at radius 1 is 1.07 bits per heavy atom. The molecule has 0 aromatic carbocycles. The van der Waals surface area contributed by atoms with Crippen LogP contribution in [0.25, 0.3) is 0 Å². The molecule has 1 rings (SSSR count). The Kier molecular flexibility index (Phi) is 10.9. The first-order valence-corrected chi connectivity index (χ1v) is 6.07. The van der Waals surface area contributed by atoms with Crippen molar-refractivity contribution in [3.05, 3.63) is 0 Å². The quantitative estimate of drug-likeness (QED) is 0.759. The lowest BCUT2D eigenvalue weighted by Gasteiger charge is -2.21. The summed E-state index contributed by atoms with van der Waals surface area (Å²) in [5.74, 6) is 0. The standard InChI is InChI=1S/C9H18O.C3H8O/c1-2-8-10-9-6-4-3-5-7-9;1-2-3-4/h9H,2-8H2,1H3;4H,2-3H2,1H3. The van der Waals surface area contributed by atoms with Crippen LogP contribution in [-0.4, -0.2) is 24.4 Å². The SMILES string of the molecule is CCCO.CCCOC1CCCCC1. The van der Waals surface area contributed by atoms with Crippen molar-refractivity contribution in [3.8, 4) is 0 Å². The molecule has 0 amide bonds. The Bertz CT molecular complexity index is 96.5. The van der Waals surface area contributed by atoms with Crippen LogP contribution in [0.2, 0.25) is 0 Å². The molecule has 14 heavy (non-hydrogen) atoms. The number of aliphatic hydroxyl groups is 1. The van der Waals surface area contributed by atoms with Crippen LogP contribution in [0.5, 0.6) is 0 Å². The van der Waals surface area contributed by atoms with Crippen molar-refractivity contribution in [1.29, 1.82) is 0 Å². The van der Waals surface area contributed by atoms with Gasteiger partial charge in [0, 0.05) is 13.2 Å². The summed E-state index contributed by atoms with van der Waals surface area (Å²) in [6.45, 7) is 5.38. The average Bonchev–Trinajstić information content (AvgIpc) is 2.28. The summed E-state index contributed by atoms with van der Waals surface area (Å²) in [7, 11) is 0. The Labute approximate surface area is 88.7 Å². The van der Waals surface area contributed by atoms with Crippen LogP contribution >= 0.6 is 0 Å². The van der Waals surface area contributed by atoms with Crippen LogP contribution in [0.15, 0.2) is 0 Å². The van der Waals surface area contributed by atoms with Gasteiger partial charge in [0.2, 0.25) is 0 Å². The van der Waals surface area contributed by atoms with E-state index in [1.807, 2.05) is 6.92 Å². The van der Waals surface area contributed by atoms with Gasteiger partial charge in [-0.25, -0.2) is 0 Å². The fraction of sp³-hybridized carbons (Fsp3) is 1.00. The first-order valence-electron chi connectivity index (χ1n) is 6.07. The molecule has 0 unspecified atom stereocenters. The Morgan fingerprint density at radius 2 is 1.64 bits per heavy atom. The molecule has 2 nitrogen and oxygen atoms in total. The first-order chi connectivity index (χ1) is 6.85. The maximum atomic E-state index is 7.88. The Balaban J connectivity index is 0.000000364. The minimum atomic E-state index is 0.319. The molecule has 0 radical (unpaired) electrons. The minimum Gasteiger partial charge on any atom is -0.396 e. The van der Waals surface area contributed by atoms with Gasteiger partial charge in [-0.2, -0.15) is 0 Å². The van der Waals surface area contributed by atoms with E-state index in [4.69, 9.17) is 9.84 Å². The van der Waals surface area contributed by atoms with Crippen LogP contribution in [0.1, 0.15) is 58.8 Å². The van der Waals surface area contributed by atoms with Crippen molar-refractivity contribution in [1.82, 2.24) is 0 Å². The highest BCUT2D eigenvalue weighted by Gasteiger charge is 2.12. The molecule has 1 N–H and O–H groups in total. The normalized spacial score (nSPS) is 17.4. The molecular weight excluding hydrogens is 176 g/mol. The zero-order valence-electron chi connectivity index (χ0n) is 9.80. The van der Waals surface area contributed by atoms with E-state index in [-0.39, 0.29) is 0 Å². The van der Waals surface area contributed by atoms with Crippen molar-refractivity contribution in [2.24, 2.45) is 0 Å². The highest BCUT2D eigenvalue weighted by atomic mass is 16.5. The molecule has 1 aliphatic rings. The largest absolute Gasteiger partial charge is 0.396 e. The predicted molar refractivity (Wildman–Crippen MR) is 60.5 cm³/mol. The third-order valence-corrected chi connectivity index (χ3v) is 2.33. The van der Waals surface area contributed by atoms with E-state index in [0.29, 0.717) is 12.7 Å². The van der Waals surface area contributed by atoms with Gasteiger partial charge in [-0.15, -0.1) is 0 Å². The van der Waals surface area contributed by atoms with Crippen molar-refractivity contribution >= 4 is 0 Å². The van der Waals surface area contributed by atoms with Gasteiger partial charge in [-0.1, -0.05) is 33.1 Å². The average molecular weight is 202 g/mol. The van der Waals surface area contributed by atoms with E-state index in [0.717, 1.165) is 19.4 Å². The third-order valence-electron chi connectivity index (χ3n) is 2.33. The molecule has 0 saturated heterocycles. The van der Waals surface area contributed by atoms with Gasteiger partial charge in [0.05, 0.1) is 6.10 Å². The zero-order valence-corrected chi connectivity index (χ0v) is 9.80. The van der Waals surface area contributed by atoms with Gasteiger partial charge in [-0.3, -0.25) is 0 Å². The number of aliphatic hydroxyl groups excluding tert-OH is 1. The number of hydrogen-bond acceptors (Lipinski definition) is 2. The molecule has 0 aromatic heterocycles. The maximum absolute atomic E-state index is 7.88. The second-order valence-electron chi connectivity index (χ2n) is 3.85. The van der Waals surface area contributed by atoms with E-state index in [1.165, 1.54) is 32.1 Å². The Morgan fingerprint density at radius 3 is 2.07 bits per heavy atom. The molecule has 0 spiro atoms. The zero-order chi connectivity index (χ0) is 10.6. The second-order valence-corrected chi connectivity index (χ2v) is 3.85. The fourth-order valence-corrected chi connectivity index (χ4v) is 1.52. The lowest BCUT2D eigenvalue weighted by atomic mass is 9.98. The lowest BCUT2D eigenvalue weighted by molar-refractivity contribution is 0.0289. The molecule has 0 atom stereocenters. The summed E-state index contributed by atoms with van der Waals surface area (Å²) < 4.78 is 5.63. The van der Waals surface area contributed by atoms with E-state index in [1.54, 1.807) is 0 Å². The molecule has 0 heterocycles. The topological polar surface area (TPSA) is 29.5 Å². The van der Waals surface area contributed by atoms with Gasteiger partial charge < -0.3 is 9.84 Å². The van der Waals surface area contributed by atoms with Crippen LogP contribution in [0.4, 0.5) is 0 Å². The summed E-state index contributed by atoms with van der Waals surface area (Å²) in [4.78, 5) is 0. The van der Waals surface area contributed by atoms with Gasteiger partial charge >= 0.3 is 0 Å². The molecule has 1 fully saturated rings. The van der Waals surface area contributed by atoms with Crippen molar-refractivity contribution in [3.63, 3.8) is 0 Å². The third kappa shape index (κ3) is 8.52. The fourth-order valence-electron chi connectivity index (χ4n) is 1.52. The van der Waals surface area contributed by atoms with Crippen LogP contribution in [0, 0.1) is 0 Å². The molecule has 2 heteroatoms. The number of ether oxygens (including phenoxy) is 1. The van der Waals surface area contributed by atoms with Crippen molar-refractivity contribution in [2.75, 3.05) is 13.2 Å². The second kappa shape index (κ2) is 11.0. The summed E-state index contributed by atoms with van der Waals surface area (Å²) in [5.41, 5.74) is 0. The maximum Gasteiger partial charge on any atom is 0.0575 e. The highest BCUT2D eigenvalue weighted by Crippen LogP contribution is 2.20. The smallest absolute Gasteiger partial charge is 0.0575 e. The summed E-state index contributed by atoms with van der Waals surface area (Å²) in [6, 6.07) is 0. The summed E-state index contributed by atoms with van der Waals surface area (Å²) in [6.07, 6.45) is 9.44. The lowest BCUT2D eigenvalue weighted by Crippen LogP contribution is -2.16. The van der Waals surface area contributed by atoms with Crippen LogP contribution < -0.4 is 0 Å². The monoisotopic (exact) mass is 202 g/mol. The van der Waals surface area contributed by atoms with E-state index < -0.39 is 0 Å². The molecule has 0 aliphatic heterocycles. The Hall–Kier alpha value is -0.0800. The minimum absolute atomic E-state index is 0.319. The predicted octanol–water partition coefficient (Wildman–Crippen LogP) is 3.13. The summed E-state index contributed by atoms with van der Waals surface area (Å²) >= 11 is 0. The highest BCUT2D eigenvalue weighted by molar-refractivity contribution is 4.64. The molecule has 1 saturated carbocycles. The van der Waals surface area contributed by atoms with Gasteiger partial charge in [0.1, 0.15) is 0 Å². The van der Waals surface area contributed by atoms with Gasteiger partial charge in [0.15, 0.2) is 0 Å². The van der Waals surface area contributed by atoms with Crippen molar-refractivity contribution < 1.29 is 9.84 Å². The first kappa shape index (κ1) is 13.9. The van der Waals surface area contributed by atoms with E-state index in [9.17, 15) is 0 Å². The molecule has 0 bridgehead atoms. The van der Waals surface area contributed by atoms with Crippen LogP contribution in [0.3, 0.4) is 0 Å². The summed E-state index contributed by atoms with van der Waals surface area (Å²) in [5, 5.41) is 7.88. The van der Waals surface area contributed by atoms with Gasteiger partial charge in [-0.05, 0) is 25.7 Å². The number of hydrogen-bond donors (Lipinski definition) is 1. The molecular formula is C12H26O2. The molecule has 0 aromatic rings. The van der Waals surface area contributed by atoms with E-state index in [2.05, 4.69) is 6.92 Å². The number of rotatable bonds is 4.